The van der Waals surface area contributed by atoms with Gasteiger partial charge in [0.15, 0.2) is 5.82 Å². The molecule has 0 aromatic carbocycles. The standard InChI is InChI=1S/C20H23FN8O4/c1-12-14(10-33-18(12)31)28-7-5-20(19(28)32)4-6-27(9-16(20)21)8-15(30)13-2-3-17(24-23-13)29-11-22-25-26-29/h2-3,11,15-16,30H,4-10H2,1H3/t15-,16?,20?/m1/s1. The van der Waals surface area contributed by atoms with Gasteiger partial charge in [0.25, 0.3) is 0 Å². The van der Waals surface area contributed by atoms with Crippen LogP contribution in [0.25, 0.3) is 5.82 Å². The van der Waals surface area contributed by atoms with E-state index in [9.17, 15) is 14.7 Å². The van der Waals surface area contributed by atoms with Gasteiger partial charge in [0, 0.05) is 19.6 Å². The van der Waals surface area contributed by atoms with E-state index in [1.807, 2.05) is 0 Å². The number of hydrogen-bond donors (Lipinski definition) is 1. The third-order valence-corrected chi connectivity index (χ3v) is 6.78. The number of amides is 1. The Bertz CT molecular complexity index is 1090. The summed E-state index contributed by atoms with van der Waals surface area (Å²) in [6.45, 7) is 2.70. The summed E-state index contributed by atoms with van der Waals surface area (Å²) in [7, 11) is 0. The summed E-state index contributed by atoms with van der Waals surface area (Å²) in [5.41, 5.74) is 0.186. The third kappa shape index (κ3) is 3.66. The summed E-state index contributed by atoms with van der Waals surface area (Å²) in [6, 6.07) is 3.25. The predicted octanol–water partition coefficient (Wildman–Crippen LogP) is -0.421. The minimum atomic E-state index is -1.39. The summed E-state index contributed by atoms with van der Waals surface area (Å²) < 4.78 is 21.8. The molecule has 0 bridgehead atoms. The average Bonchev–Trinajstić information content (AvgIpc) is 3.54. The van der Waals surface area contributed by atoms with Gasteiger partial charge in [-0.15, -0.1) is 10.2 Å². The van der Waals surface area contributed by atoms with E-state index in [1.165, 1.54) is 15.9 Å². The van der Waals surface area contributed by atoms with Crippen LogP contribution in [-0.4, -0.2) is 96.1 Å². The van der Waals surface area contributed by atoms with Crippen molar-refractivity contribution in [2.75, 3.05) is 32.8 Å². The molecule has 2 fully saturated rings. The molecule has 33 heavy (non-hydrogen) atoms. The second kappa shape index (κ2) is 8.23. The number of esters is 1. The van der Waals surface area contributed by atoms with Crippen LogP contribution in [0.3, 0.4) is 0 Å². The molecule has 0 aliphatic carbocycles. The van der Waals surface area contributed by atoms with E-state index in [1.54, 1.807) is 24.0 Å². The molecule has 1 N–H and O–H groups in total. The Morgan fingerprint density at radius 2 is 2.09 bits per heavy atom. The zero-order chi connectivity index (χ0) is 23.2. The molecule has 2 unspecified atom stereocenters. The molecule has 2 aromatic heterocycles. The molecular formula is C20H23FN8O4. The fraction of sp³-hybridized carbons (Fsp3) is 0.550. The number of hydrogen-bond acceptors (Lipinski definition) is 10. The molecule has 1 amide bonds. The quantitative estimate of drug-likeness (QED) is 0.588. The van der Waals surface area contributed by atoms with Crippen molar-refractivity contribution >= 4 is 11.9 Å². The van der Waals surface area contributed by atoms with Crippen LogP contribution in [-0.2, 0) is 14.3 Å². The summed E-state index contributed by atoms with van der Waals surface area (Å²) in [5.74, 6) is -0.316. The first kappa shape index (κ1) is 21.5. The number of tetrazole rings is 1. The van der Waals surface area contributed by atoms with Crippen LogP contribution in [0, 0.1) is 5.41 Å². The van der Waals surface area contributed by atoms with Crippen LogP contribution in [0.1, 0.15) is 31.6 Å². The molecule has 2 saturated heterocycles. The van der Waals surface area contributed by atoms with Gasteiger partial charge in [-0.1, -0.05) is 0 Å². The number of aliphatic hydroxyl groups excluding tert-OH is 1. The normalized spacial score (nSPS) is 27.0. The number of aliphatic hydroxyl groups is 1. The van der Waals surface area contributed by atoms with Crippen LogP contribution in [0.5, 0.6) is 0 Å². The fourth-order valence-corrected chi connectivity index (χ4v) is 4.73. The number of piperidine rings is 1. The summed E-state index contributed by atoms with van der Waals surface area (Å²) in [4.78, 5) is 28.2. The van der Waals surface area contributed by atoms with E-state index in [4.69, 9.17) is 4.74 Å². The van der Waals surface area contributed by atoms with Gasteiger partial charge in [0.1, 0.15) is 25.2 Å². The largest absolute Gasteiger partial charge is 0.456 e. The molecular weight excluding hydrogens is 435 g/mol. The van der Waals surface area contributed by atoms with Crippen molar-refractivity contribution in [3.8, 4) is 5.82 Å². The number of likely N-dealkylation sites (tertiary alicyclic amines) is 2. The molecule has 0 saturated carbocycles. The van der Waals surface area contributed by atoms with E-state index in [-0.39, 0.29) is 25.6 Å². The van der Waals surface area contributed by atoms with Gasteiger partial charge in [0.05, 0.1) is 22.4 Å². The van der Waals surface area contributed by atoms with Crippen molar-refractivity contribution in [2.24, 2.45) is 5.41 Å². The van der Waals surface area contributed by atoms with Gasteiger partial charge in [0.2, 0.25) is 5.91 Å². The Balaban J connectivity index is 1.22. The van der Waals surface area contributed by atoms with E-state index < -0.39 is 23.7 Å². The number of alkyl halides is 1. The number of halogens is 1. The number of nitrogens with zero attached hydrogens (tertiary/aromatic N) is 8. The molecule has 5 rings (SSSR count). The van der Waals surface area contributed by atoms with Crippen molar-refractivity contribution in [1.82, 2.24) is 40.2 Å². The van der Waals surface area contributed by atoms with Crippen molar-refractivity contribution < 1.29 is 23.8 Å². The van der Waals surface area contributed by atoms with E-state index in [0.29, 0.717) is 48.7 Å². The maximum Gasteiger partial charge on any atom is 0.336 e. The maximum absolute atomic E-state index is 15.4. The first-order valence-corrected chi connectivity index (χ1v) is 10.7. The molecule has 13 heteroatoms. The molecule has 1 spiro atoms. The Labute approximate surface area is 188 Å². The van der Waals surface area contributed by atoms with Gasteiger partial charge in [-0.05, 0) is 48.9 Å². The van der Waals surface area contributed by atoms with Gasteiger partial charge in [-0.2, -0.15) is 9.78 Å². The lowest BCUT2D eigenvalue weighted by molar-refractivity contribution is -0.142. The lowest BCUT2D eigenvalue weighted by Gasteiger charge is -2.41. The SMILES string of the molecule is CC1=C(N2CCC3(CCN(C[C@@H](O)c4ccc(-n5cnnn5)nn4)CC3F)C2=O)COC1=O. The van der Waals surface area contributed by atoms with Crippen LogP contribution in [0.15, 0.2) is 29.7 Å². The number of carbonyl (C=O) groups excluding carboxylic acids is 2. The van der Waals surface area contributed by atoms with Crippen molar-refractivity contribution in [1.29, 1.82) is 0 Å². The first-order chi connectivity index (χ1) is 15.9. The van der Waals surface area contributed by atoms with E-state index >= 15 is 4.39 Å². The Kier molecular flexibility index (Phi) is 5.37. The second-order valence-corrected chi connectivity index (χ2v) is 8.57. The number of cyclic esters (lactones) is 1. The molecule has 174 valence electrons. The lowest BCUT2D eigenvalue weighted by atomic mass is 9.75. The number of carbonyl (C=O) groups is 2. The molecule has 2 aromatic rings. The highest BCUT2D eigenvalue weighted by atomic mass is 19.1. The van der Waals surface area contributed by atoms with Gasteiger partial charge in [-0.25, -0.2) is 9.18 Å². The topological polar surface area (TPSA) is 139 Å². The molecule has 5 heterocycles. The third-order valence-electron chi connectivity index (χ3n) is 6.78. The highest BCUT2D eigenvalue weighted by Crippen LogP contribution is 2.45. The number of β-amino-alcohol motifs (C(OH)–C–C–N with tert-alkyl or cyclic N) is 1. The molecule has 12 nitrogen and oxygen atoms in total. The molecule has 3 aliphatic heterocycles. The average molecular weight is 458 g/mol. The molecule has 3 aliphatic rings. The highest BCUT2D eigenvalue weighted by Gasteiger charge is 2.56. The Hall–Kier alpha value is -3.32. The first-order valence-electron chi connectivity index (χ1n) is 10.7. The van der Waals surface area contributed by atoms with Crippen molar-refractivity contribution in [3.05, 3.63) is 35.4 Å². The number of rotatable bonds is 5. The fourth-order valence-electron chi connectivity index (χ4n) is 4.73. The predicted molar refractivity (Wildman–Crippen MR) is 108 cm³/mol. The molecule has 0 radical (unpaired) electrons. The Morgan fingerprint density at radius 3 is 2.73 bits per heavy atom. The monoisotopic (exact) mass is 458 g/mol. The summed E-state index contributed by atoms with van der Waals surface area (Å²) >= 11 is 0. The van der Waals surface area contributed by atoms with Crippen LogP contribution in [0.2, 0.25) is 0 Å². The number of ether oxygens (including phenoxy) is 1. The zero-order valence-corrected chi connectivity index (χ0v) is 18.0. The van der Waals surface area contributed by atoms with Gasteiger partial charge in [-0.3, -0.25) is 9.69 Å². The zero-order valence-electron chi connectivity index (χ0n) is 18.0. The summed E-state index contributed by atoms with van der Waals surface area (Å²) in [5, 5.41) is 29.4. The van der Waals surface area contributed by atoms with Crippen LogP contribution < -0.4 is 0 Å². The Morgan fingerprint density at radius 1 is 1.27 bits per heavy atom. The second-order valence-electron chi connectivity index (χ2n) is 8.57. The van der Waals surface area contributed by atoms with Gasteiger partial charge < -0.3 is 14.7 Å². The summed E-state index contributed by atoms with van der Waals surface area (Å²) in [6.07, 6.45) is -0.249. The van der Waals surface area contributed by atoms with Crippen LogP contribution in [0.4, 0.5) is 4.39 Å². The highest BCUT2D eigenvalue weighted by molar-refractivity contribution is 5.94. The van der Waals surface area contributed by atoms with E-state index in [2.05, 4.69) is 25.7 Å². The lowest BCUT2D eigenvalue weighted by Crippen LogP contribution is -2.53. The van der Waals surface area contributed by atoms with Crippen molar-refractivity contribution in [2.45, 2.75) is 32.0 Å². The maximum atomic E-state index is 15.4. The molecule has 3 atom stereocenters. The van der Waals surface area contributed by atoms with E-state index in [0.717, 1.165) is 0 Å². The minimum Gasteiger partial charge on any atom is -0.456 e. The number of aromatic nitrogens is 6. The minimum absolute atomic E-state index is 0.0280. The van der Waals surface area contributed by atoms with Crippen molar-refractivity contribution in [3.63, 3.8) is 0 Å². The van der Waals surface area contributed by atoms with Crippen LogP contribution >= 0.6 is 0 Å². The van der Waals surface area contributed by atoms with Gasteiger partial charge >= 0.3 is 5.97 Å². The smallest absolute Gasteiger partial charge is 0.336 e.